The molecule has 126 valence electrons. The lowest BCUT2D eigenvalue weighted by Gasteiger charge is -2.15. The second-order valence-corrected chi connectivity index (χ2v) is 8.27. The summed E-state index contributed by atoms with van der Waals surface area (Å²) in [6.45, 7) is 0. The Hall–Kier alpha value is -2.12. The molecule has 3 rings (SSSR count). The second-order valence-electron chi connectivity index (χ2n) is 5.64. The van der Waals surface area contributed by atoms with Crippen LogP contribution >= 0.6 is 12.2 Å². The van der Waals surface area contributed by atoms with Crippen molar-refractivity contribution in [2.45, 2.75) is 12.5 Å². The van der Waals surface area contributed by atoms with E-state index in [1.807, 2.05) is 54.6 Å². The molecule has 1 fully saturated rings. The average Bonchev–Trinajstić information content (AvgIpc) is 2.89. The number of anilines is 1. The molecular weight excluding hydrogens is 344 g/mol. The van der Waals surface area contributed by atoms with Gasteiger partial charge in [-0.2, -0.15) is 0 Å². The third-order valence-corrected chi connectivity index (χ3v) is 5.65. The average molecular weight is 362 g/mol. The SMILES string of the molecule is O=S1(=O)CC[C@H](NC(=S)Nc2ccc(Oc3ccccc3)cc2)C1. The van der Waals surface area contributed by atoms with E-state index in [9.17, 15) is 8.42 Å². The first-order chi connectivity index (χ1) is 11.5. The lowest BCUT2D eigenvalue weighted by Crippen LogP contribution is -2.38. The Bertz CT molecular complexity index is 805. The normalized spacial score (nSPS) is 18.8. The zero-order chi connectivity index (χ0) is 17.0. The highest BCUT2D eigenvalue weighted by Gasteiger charge is 2.28. The Labute approximate surface area is 147 Å². The van der Waals surface area contributed by atoms with E-state index in [-0.39, 0.29) is 17.5 Å². The molecule has 2 N–H and O–H groups in total. The maximum atomic E-state index is 11.5. The lowest BCUT2D eigenvalue weighted by atomic mass is 10.2. The first-order valence-electron chi connectivity index (χ1n) is 7.61. The smallest absolute Gasteiger partial charge is 0.171 e. The van der Waals surface area contributed by atoms with Gasteiger partial charge in [0.15, 0.2) is 14.9 Å². The zero-order valence-electron chi connectivity index (χ0n) is 12.9. The molecule has 2 aromatic rings. The summed E-state index contributed by atoms with van der Waals surface area (Å²) in [6, 6.07) is 16.8. The summed E-state index contributed by atoms with van der Waals surface area (Å²) in [5.74, 6) is 1.86. The van der Waals surface area contributed by atoms with Crippen molar-refractivity contribution >= 4 is 32.9 Å². The Morgan fingerprint density at radius 3 is 2.33 bits per heavy atom. The van der Waals surface area contributed by atoms with Gasteiger partial charge in [-0.15, -0.1) is 0 Å². The molecule has 24 heavy (non-hydrogen) atoms. The van der Waals surface area contributed by atoms with Gasteiger partial charge in [0.2, 0.25) is 0 Å². The highest BCUT2D eigenvalue weighted by molar-refractivity contribution is 7.91. The fraction of sp³-hybridized carbons (Fsp3) is 0.235. The van der Waals surface area contributed by atoms with Crippen LogP contribution in [0.5, 0.6) is 11.5 Å². The van der Waals surface area contributed by atoms with Crippen LogP contribution in [0.15, 0.2) is 54.6 Å². The molecule has 0 amide bonds. The van der Waals surface area contributed by atoms with E-state index in [0.29, 0.717) is 11.5 Å². The van der Waals surface area contributed by atoms with E-state index in [1.54, 1.807) is 0 Å². The number of benzene rings is 2. The van der Waals surface area contributed by atoms with Crippen molar-refractivity contribution < 1.29 is 13.2 Å². The van der Waals surface area contributed by atoms with Gasteiger partial charge in [0.1, 0.15) is 11.5 Å². The van der Waals surface area contributed by atoms with Crippen LogP contribution in [-0.4, -0.2) is 31.1 Å². The summed E-state index contributed by atoms with van der Waals surface area (Å²) >= 11 is 5.24. The van der Waals surface area contributed by atoms with Crippen molar-refractivity contribution in [3.63, 3.8) is 0 Å². The van der Waals surface area contributed by atoms with E-state index >= 15 is 0 Å². The van der Waals surface area contributed by atoms with Crippen LogP contribution < -0.4 is 15.4 Å². The van der Waals surface area contributed by atoms with Gasteiger partial charge in [0.05, 0.1) is 11.5 Å². The van der Waals surface area contributed by atoms with Crippen LogP contribution in [0.4, 0.5) is 5.69 Å². The summed E-state index contributed by atoms with van der Waals surface area (Å²) < 4.78 is 28.6. The predicted octanol–water partition coefficient (Wildman–Crippen LogP) is 2.95. The Morgan fingerprint density at radius 1 is 1.04 bits per heavy atom. The summed E-state index contributed by atoms with van der Waals surface area (Å²) in [5.41, 5.74) is 0.814. The van der Waals surface area contributed by atoms with E-state index in [4.69, 9.17) is 17.0 Å². The third kappa shape index (κ3) is 4.69. The van der Waals surface area contributed by atoms with Crippen molar-refractivity contribution in [2.24, 2.45) is 0 Å². The number of thiocarbonyl (C=S) groups is 1. The van der Waals surface area contributed by atoms with Crippen LogP contribution in [0.1, 0.15) is 6.42 Å². The number of para-hydroxylation sites is 1. The Balaban J connectivity index is 1.53. The molecule has 5 nitrogen and oxygen atoms in total. The van der Waals surface area contributed by atoms with Gasteiger partial charge >= 0.3 is 0 Å². The van der Waals surface area contributed by atoms with Gasteiger partial charge in [-0.3, -0.25) is 0 Å². The number of nitrogens with one attached hydrogen (secondary N) is 2. The maximum Gasteiger partial charge on any atom is 0.171 e. The van der Waals surface area contributed by atoms with E-state index in [0.717, 1.165) is 17.2 Å². The van der Waals surface area contributed by atoms with Gasteiger partial charge in [-0.05, 0) is 55.0 Å². The van der Waals surface area contributed by atoms with Crippen molar-refractivity contribution in [1.82, 2.24) is 5.32 Å². The summed E-state index contributed by atoms with van der Waals surface area (Å²) in [6.07, 6.45) is 0.591. The highest BCUT2D eigenvalue weighted by Crippen LogP contribution is 2.22. The zero-order valence-corrected chi connectivity index (χ0v) is 14.6. The van der Waals surface area contributed by atoms with Crippen LogP contribution in [0.2, 0.25) is 0 Å². The van der Waals surface area contributed by atoms with Crippen molar-refractivity contribution in [3.8, 4) is 11.5 Å². The van der Waals surface area contributed by atoms with Gasteiger partial charge in [0.25, 0.3) is 0 Å². The first kappa shape index (κ1) is 16.7. The molecule has 1 atom stereocenters. The number of hydrogen-bond acceptors (Lipinski definition) is 4. The molecule has 0 bridgehead atoms. The molecule has 0 radical (unpaired) electrons. The lowest BCUT2D eigenvalue weighted by molar-refractivity contribution is 0.483. The maximum absolute atomic E-state index is 11.5. The largest absolute Gasteiger partial charge is 0.457 e. The Kier molecular flexibility index (Phi) is 5.01. The minimum absolute atomic E-state index is 0.115. The standard InChI is InChI=1S/C17H18N2O3S2/c20-24(21)11-10-14(12-24)19-17(23)18-13-6-8-16(9-7-13)22-15-4-2-1-3-5-15/h1-9,14H,10-12H2,(H2,18,19,23)/t14-/m0/s1. The van der Waals surface area contributed by atoms with Crippen LogP contribution in [0.25, 0.3) is 0 Å². The molecule has 1 aliphatic heterocycles. The molecule has 0 unspecified atom stereocenters. The molecule has 2 aromatic carbocycles. The molecule has 0 spiro atoms. The second kappa shape index (κ2) is 7.19. The quantitative estimate of drug-likeness (QED) is 0.815. The summed E-state index contributed by atoms with van der Waals surface area (Å²) in [5, 5.41) is 6.53. The molecule has 1 aliphatic rings. The monoisotopic (exact) mass is 362 g/mol. The molecule has 0 aliphatic carbocycles. The summed E-state index contributed by atoms with van der Waals surface area (Å²) in [7, 11) is -2.92. The molecule has 1 saturated heterocycles. The van der Waals surface area contributed by atoms with E-state index < -0.39 is 9.84 Å². The van der Waals surface area contributed by atoms with Crippen molar-refractivity contribution in [1.29, 1.82) is 0 Å². The van der Waals surface area contributed by atoms with Gasteiger partial charge in [0, 0.05) is 11.7 Å². The topological polar surface area (TPSA) is 67.4 Å². The molecule has 0 aromatic heterocycles. The van der Waals surface area contributed by atoms with E-state index in [1.165, 1.54) is 0 Å². The van der Waals surface area contributed by atoms with Crippen molar-refractivity contribution in [3.05, 3.63) is 54.6 Å². The van der Waals surface area contributed by atoms with Crippen LogP contribution in [0, 0.1) is 0 Å². The third-order valence-electron chi connectivity index (χ3n) is 3.66. The van der Waals surface area contributed by atoms with Gasteiger partial charge in [-0.25, -0.2) is 8.42 Å². The number of rotatable bonds is 4. The van der Waals surface area contributed by atoms with Crippen molar-refractivity contribution in [2.75, 3.05) is 16.8 Å². The fourth-order valence-electron chi connectivity index (χ4n) is 2.49. The molecule has 1 heterocycles. The van der Waals surface area contributed by atoms with Gasteiger partial charge < -0.3 is 15.4 Å². The number of hydrogen-bond donors (Lipinski definition) is 2. The number of ether oxygens (including phenoxy) is 1. The van der Waals surface area contributed by atoms with Gasteiger partial charge in [-0.1, -0.05) is 18.2 Å². The minimum atomic E-state index is -2.92. The van der Waals surface area contributed by atoms with Crippen LogP contribution in [0.3, 0.4) is 0 Å². The van der Waals surface area contributed by atoms with Crippen LogP contribution in [-0.2, 0) is 9.84 Å². The first-order valence-corrected chi connectivity index (χ1v) is 9.84. The molecule has 7 heteroatoms. The minimum Gasteiger partial charge on any atom is -0.457 e. The fourth-order valence-corrected chi connectivity index (χ4v) is 4.45. The molecular formula is C17H18N2O3S2. The predicted molar refractivity (Wildman–Crippen MR) is 99.4 cm³/mol. The molecule has 0 saturated carbocycles. The Morgan fingerprint density at radius 2 is 1.71 bits per heavy atom. The van der Waals surface area contributed by atoms with E-state index in [2.05, 4.69) is 10.6 Å². The number of sulfone groups is 1. The highest BCUT2D eigenvalue weighted by atomic mass is 32.2. The summed E-state index contributed by atoms with van der Waals surface area (Å²) in [4.78, 5) is 0.